The molecule has 0 aliphatic carbocycles. The fourth-order valence-electron chi connectivity index (χ4n) is 2.82. The van der Waals surface area contributed by atoms with Crippen molar-refractivity contribution in [3.8, 4) is 0 Å². The molecule has 144 valence electrons. The molecule has 0 saturated carbocycles. The maximum absolute atomic E-state index is 13.7. The standard InChI is InChI=1S/C22H23FN4O/c1-14-8-9-18(12-15(14)2)27-21-13-20(25-16(3)26-21)22(28)24-11-10-17-6-4-5-7-19(17)23/h4-9,12-13H,10-11H2,1-3H3,(H,24,28)(H,25,26,27). The van der Waals surface area contributed by atoms with E-state index in [1.165, 1.54) is 17.2 Å². The van der Waals surface area contributed by atoms with Gasteiger partial charge in [-0.05, 0) is 62.1 Å². The number of aromatic nitrogens is 2. The smallest absolute Gasteiger partial charge is 0.270 e. The molecule has 0 fully saturated rings. The summed E-state index contributed by atoms with van der Waals surface area (Å²) >= 11 is 0. The Hall–Kier alpha value is -3.28. The van der Waals surface area contributed by atoms with E-state index in [0.717, 1.165) is 5.69 Å². The van der Waals surface area contributed by atoms with Crippen molar-refractivity contribution in [3.05, 3.63) is 82.6 Å². The zero-order chi connectivity index (χ0) is 20.1. The minimum Gasteiger partial charge on any atom is -0.350 e. The van der Waals surface area contributed by atoms with Gasteiger partial charge in [-0.25, -0.2) is 14.4 Å². The molecule has 1 aromatic heterocycles. The first-order valence-corrected chi connectivity index (χ1v) is 9.14. The third kappa shape index (κ3) is 4.91. The van der Waals surface area contributed by atoms with Gasteiger partial charge in [-0.2, -0.15) is 0 Å². The van der Waals surface area contributed by atoms with Crippen LogP contribution in [0, 0.1) is 26.6 Å². The molecule has 6 heteroatoms. The molecule has 3 aromatic rings. The van der Waals surface area contributed by atoms with Gasteiger partial charge in [0.05, 0.1) is 0 Å². The lowest BCUT2D eigenvalue weighted by molar-refractivity contribution is 0.0948. The first-order chi connectivity index (χ1) is 13.4. The molecular formula is C22H23FN4O. The van der Waals surface area contributed by atoms with Crippen LogP contribution in [-0.4, -0.2) is 22.4 Å². The Bertz CT molecular complexity index is 1000. The minimum atomic E-state index is -0.315. The van der Waals surface area contributed by atoms with E-state index in [-0.39, 0.29) is 17.4 Å². The number of aryl methyl sites for hydroxylation is 3. The van der Waals surface area contributed by atoms with Gasteiger partial charge in [0, 0.05) is 18.3 Å². The molecule has 0 saturated heterocycles. The average molecular weight is 378 g/mol. The number of benzene rings is 2. The summed E-state index contributed by atoms with van der Waals surface area (Å²) in [6.45, 7) is 6.16. The third-order valence-corrected chi connectivity index (χ3v) is 4.49. The van der Waals surface area contributed by atoms with Gasteiger partial charge in [0.2, 0.25) is 0 Å². The molecule has 3 rings (SSSR count). The second-order valence-corrected chi connectivity index (χ2v) is 6.71. The quantitative estimate of drug-likeness (QED) is 0.673. The van der Waals surface area contributed by atoms with Gasteiger partial charge in [0.25, 0.3) is 5.91 Å². The molecule has 0 unspecified atom stereocenters. The maximum atomic E-state index is 13.7. The highest BCUT2D eigenvalue weighted by molar-refractivity contribution is 5.93. The van der Waals surface area contributed by atoms with Gasteiger partial charge >= 0.3 is 0 Å². The molecule has 0 aliphatic heterocycles. The second kappa shape index (κ2) is 8.61. The van der Waals surface area contributed by atoms with Crippen molar-refractivity contribution in [3.63, 3.8) is 0 Å². The largest absolute Gasteiger partial charge is 0.350 e. The summed E-state index contributed by atoms with van der Waals surface area (Å²) in [6.07, 6.45) is 0.413. The number of nitrogens with zero attached hydrogens (tertiary/aromatic N) is 2. The zero-order valence-electron chi connectivity index (χ0n) is 16.2. The van der Waals surface area contributed by atoms with E-state index >= 15 is 0 Å². The Morgan fingerprint density at radius 2 is 1.79 bits per heavy atom. The summed E-state index contributed by atoms with van der Waals surface area (Å²) in [4.78, 5) is 21.0. The summed E-state index contributed by atoms with van der Waals surface area (Å²) in [7, 11) is 0. The summed E-state index contributed by atoms with van der Waals surface area (Å²) in [5.74, 6) is 0.461. The van der Waals surface area contributed by atoms with E-state index in [9.17, 15) is 9.18 Å². The van der Waals surface area contributed by atoms with E-state index < -0.39 is 0 Å². The highest BCUT2D eigenvalue weighted by Gasteiger charge is 2.11. The monoisotopic (exact) mass is 378 g/mol. The molecule has 1 heterocycles. The highest BCUT2D eigenvalue weighted by Crippen LogP contribution is 2.19. The Balaban J connectivity index is 1.67. The lowest BCUT2D eigenvalue weighted by Crippen LogP contribution is -2.27. The summed E-state index contributed by atoms with van der Waals surface area (Å²) in [6, 6.07) is 14.2. The van der Waals surface area contributed by atoms with Gasteiger partial charge < -0.3 is 10.6 Å². The van der Waals surface area contributed by atoms with Crippen LogP contribution in [0.5, 0.6) is 0 Å². The van der Waals surface area contributed by atoms with Crippen molar-refractivity contribution in [2.75, 3.05) is 11.9 Å². The normalized spacial score (nSPS) is 10.6. The van der Waals surface area contributed by atoms with Crippen LogP contribution >= 0.6 is 0 Å². The zero-order valence-corrected chi connectivity index (χ0v) is 16.2. The number of amides is 1. The van der Waals surface area contributed by atoms with Crippen LogP contribution in [0.3, 0.4) is 0 Å². The van der Waals surface area contributed by atoms with Gasteiger partial charge in [-0.1, -0.05) is 24.3 Å². The van der Waals surface area contributed by atoms with Gasteiger partial charge in [-0.3, -0.25) is 4.79 Å². The lowest BCUT2D eigenvalue weighted by Gasteiger charge is -2.11. The molecule has 5 nitrogen and oxygen atoms in total. The molecule has 0 atom stereocenters. The van der Waals surface area contributed by atoms with Crippen molar-refractivity contribution >= 4 is 17.4 Å². The number of carbonyl (C=O) groups excluding carboxylic acids is 1. The number of hydrogen-bond acceptors (Lipinski definition) is 4. The Morgan fingerprint density at radius 3 is 2.54 bits per heavy atom. The molecule has 28 heavy (non-hydrogen) atoms. The number of anilines is 2. The maximum Gasteiger partial charge on any atom is 0.270 e. The van der Waals surface area contributed by atoms with Crippen LogP contribution < -0.4 is 10.6 Å². The first-order valence-electron chi connectivity index (χ1n) is 9.14. The van der Waals surface area contributed by atoms with E-state index in [4.69, 9.17) is 0 Å². The fourth-order valence-corrected chi connectivity index (χ4v) is 2.82. The molecule has 2 N–H and O–H groups in total. The number of hydrogen-bond donors (Lipinski definition) is 2. The molecule has 0 bridgehead atoms. The molecule has 1 amide bonds. The van der Waals surface area contributed by atoms with Crippen molar-refractivity contribution in [1.82, 2.24) is 15.3 Å². The van der Waals surface area contributed by atoms with Crippen molar-refractivity contribution in [2.24, 2.45) is 0 Å². The Morgan fingerprint density at radius 1 is 1.00 bits per heavy atom. The molecule has 2 aromatic carbocycles. The Kier molecular flexibility index (Phi) is 5.99. The lowest BCUT2D eigenvalue weighted by atomic mass is 10.1. The molecule has 0 radical (unpaired) electrons. The van der Waals surface area contributed by atoms with Gasteiger partial charge in [0.1, 0.15) is 23.2 Å². The van der Waals surface area contributed by atoms with E-state index in [1.54, 1.807) is 31.2 Å². The topological polar surface area (TPSA) is 66.9 Å². The third-order valence-electron chi connectivity index (χ3n) is 4.49. The first kappa shape index (κ1) is 19.5. The number of halogens is 1. The summed E-state index contributed by atoms with van der Waals surface area (Å²) in [5.41, 5.74) is 4.11. The van der Waals surface area contributed by atoms with E-state index in [1.807, 2.05) is 25.1 Å². The number of rotatable bonds is 6. The molecular weight excluding hydrogens is 355 g/mol. The van der Waals surface area contributed by atoms with Crippen molar-refractivity contribution in [1.29, 1.82) is 0 Å². The van der Waals surface area contributed by atoms with Crippen LogP contribution in [0.25, 0.3) is 0 Å². The highest BCUT2D eigenvalue weighted by atomic mass is 19.1. The van der Waals surface area contributed by atoms with Crippen LogP contribution in [0.2, 0.25) is 0 Å². The number of nitrogens with one attached hydrogen (secondary N) is 2. The summed E-state index contributed by atoms with van der Waals surface area (Å²) < 4.78 is 13.7. The Labute approximate surface area is 164 Å². The van der Waals surface area contributed by atoms with E-state index in [2.05, 4.69) is 27.5 Å². The van der Waals surface area contributed by atoms with Crippen molar-refractivity contribution < 1.29 is 9.18 Å². The predicted molar refractivity (Wildman–Crippen MR) is 108 cm³/mol. The van der Waals surface area contributed by atoms with Gasteiger partial charge in [0.15, 0.2) is 0 Å². The predicted octanol–water partition coefficient (Wildman–Crippen LogP) is 4.26. The van der Waals surface area contributed by atoms with Gasteiger partial charge in [-0.15, -0.1) is 0 Å². The van der Waals surface area contributed by atoms with Crippen LogP contribution in [-0.2, 0) is 6.42 Å². The fraction of sp³-hybridized carbons (Fsp3) is 0.227. The average Bonchev–Trinajstić information content (AvgIpc) is 2.66. The summed E-state index contributed by atoms with van der Waals surface area (Å²) in [5, 5.41) is 6.00. The SMILES string of the molecule is Cc1nc(Nc2ccc(C)c(C)c2)cc(C(=O)NCCc2ccccc2F)n1. The molecule has 0 aliphatic rings. The van der Waals surface area contributed by atoms with E-state index in [0.29, 0.717) is 30.2 Å². The van der Waals surface area contributed by atoms with Crippen LogP contribution in [0.4, 0.5) is 15.9 Å². The van der Waals surface area contributed by atoms with Crippen LogP contribution in [0.15, 0.2) is 48.5 Å². The minimum absolute atomic E-state index is 0.269. The van der Waals surface area contributed by atoms with Crippen molar-refractivity contribution in [2.45, 2.75) is 27.2 Å². The number of carbonyl (C=O) groups is 1. The second-order valence-electron chi connectivity index (χ2n) is 6.71. The van der Waals surface area contributed by atoms with Crippen LogP contribution in [0.1, 0.15) is 33.0 Å². The molecule has 0 spiro atoms.